The van der Waals surface area contributed by atoms with Crippen molar-refractivity contribution < 1.29 is 22.8 Å². The van der Waals surface area contributed by atoms with Gasteiger partial charge in [-0.3, -0.25) is 0 Å². The van der Waals surface area contributed by atoms with Gasteiger partial charge in [0.15, 0.2) is 6.33 Å². The molecule has 0 aliphatic heterocycles. The number of carboxylic acid groups (broad SMARTS) is 1. The zero-order valence-electron chi connectivity index (χ0n) is 10.2. The van der Waals surface area contributed by atoms with E-state index in [9.17, 15) is 13.2 Å². The molecule has 2 N–H and O–H groups in total. The van der Waals surface area contributed by atoms with Gasteiger partial charge in [0.25, 0.3) is 0 Å². The van der Waals surface area contributed by atoms with Gasteiger partial charge in [0, 0.05) is 13.0 Å². The minimum atomic E-state index is -3.69. The number of rotatable bonds is 6. The second-order valence-electron chi connectivity index (χ2n) is 3.81. The molecular formula is C11H11N3O5S. The predicted molar refractivity (Wildman–Crippen MR) is 66.6 cm³/mol. The first-order chi connectivity index (χ1) is 9.49. The zero-order chi connectivity index (χ0) is 14.6. The molecule has 0 amide bonds. The topological polar surface area (TPSA) is 122 Å². The van der Waals surface area contributed by atoms with Crippen molar-refractivity contribution in [1.29, 1.82) is 0 Å². The largest absolute Gasteiger partial charge is 0.478 e. The number of carbonyl (C=O) groups is 1. The second kappa shape index (κ2) is 5.80. The molecule has 0 aliphatic carbocycles. The number of sulfonamides is 1. The second-order valence-corrected chi connectivity index (χ2v) is 5.58. The smallest absolute Gasteiger partial charge is 0.335 e. The first kappa shape index (κ1) is 14.2. The van der Waals surface area contributed by atoms with Gasteiger partial charge in [0.05, 0.1) is 10.5 Å². The summed E-state index contributed by atoms with van der Waals surface area (Å²) >= 11 is 0. The quantitative estimate of drug-likeness (QED) is 0.785. The summed E-state index contributed by atoms with van der Waals surface area (Å²) in [5.41, 5.74) is 0.0230. The molecule has 9 heteroatoms. The van der Waals surface area contributed by atoms with Crippen molar-refractivity contribution in [2.45, 2.75) is 11.3 Å². The molecule has 0 unspecified atom stereocenters. The Kier molecular flexibility index (Phi) is 4.11. The highest BCUT2D eigenvalue weighted by atomic mass is 32.2. The lowest BCUT2D eigenvalue weighted by Gasteiger charge is -2.05. The van der Waals surface area contributed by atoms with Gasteiger partial charge >= 0.3 is 5.97 Å². The van der Waals surface area contributed by atoms with Crippen molar-refractivity contribution in [2.75, 3.05) is 6.54 Å². The average Bonchev–Trinajstić information content (AvgIpc) is 2.92. The van der Waals surface area contributed by atoms with E-state index in [4.69, 9.17) is 9.63 Å². The third-order valence-corrected chi connectivity index (χ3v) is 3.93. The molecule has 1 heterocycles. The highest BCUT2D eigenvalue weighted by Gasteiger charge is 2.14. The summed E-state index contributed by atoms with van der Waals surface area (Å²) < 4.78 is 30.9. The van der Waals surface area contributed by atoms with Crippen LogP contribution in [-0.4, -0.2) is 36.2 Å². The van der Waals surface area contributed by atoms with Crippen LogP contribution in [0.4, 0.5) is 0 Å². The number of nitrogens with zero attached hydrogens (tertiary/aromatic N) is 2. The number of aromatic carboxylic acids is 1. The van der Waals surface area contributed by atoms with E-state index in [0.717, 1.165) is 0 Å². The van der Waals surface area contributed by atoms with Crippen LogP contribution in [0.3, 0.4) is 0 Å². The molecule has 0 bridgehead atoms. The maximum atomic E-state index is 11.9. The molecule has 2 aromatic rings. The van der Waals surface area contributed by atoms with Crippen LogP contribution in [0.5, 0.6) is 0 Å². The van der Waals surface area contributed by atoms with Gasteiger partial charge in [0.2, 0.25) is 15.9 Å². The van der Waals surface area contributed by atoms with Crippen molar-refractivity contribution >= 4 is 16.0 Å². The lowest BCUT2D eigenvalue weighted by atomic mass is 10.2. The van der Waals surface area contributed by atoms with Crippen LogP contribution in [0.1, 0.15) is 16.2 Å². The molecule has 1 aromatic heterocycles. The zero-order valence-corrected chi connectivity index (χ0v) is 11.0. The van der Waals surface area contributed by atoms with E-state index in [1.807, 2.05) is 0 Å². The van der Waals surface area contributed by atoms with Gasteiger partial charge in [-0.2, -0.15) is 4.98 Å². The summed E-state index contributed by atoms with van der Waals surface area (Å²) in [6.07, 6.45) is 1.50. The van der Waals surface area contributed by atoms with Crippen molar-refractivity contribution in [1.82, 2.24) is 14.9 Å². The van der Waals surface area contributed by atoms with E-state index in [1.54, 1.807) is 0 Å². The maximum Gasteiger partial charge on any atom is 0.335 e. The Morgan fingerprint density at radius 3 is 2.55 bits per heavy atom. The molecule has 0 saturated carbocycles. The molecule has 106 valence electrons. The SMILES string of the molecule is O=C(O)c1ccc(S(=O)(=O)NCCc2ncno2)cc1. The molecule has 0 atom stereocenters. The van der Waals surface area contributed by atoms with Crippen molar-refractivity contribution in [3.63, 3.8) is 0 Å². The van der Waals surface area contributed by atoms with E-state index in [2.05, 4.69) is 14.9 Å². The first-order valence-electron chi connectivity index (χ1n) is 5.57. The Morgan fingerprint density at radius 1 is 1.30 bits per heavy atom. The molecular weight excluding hydrogens is 286 g/mol. The Bertz CT molecular complexity index is 679. The minimum Gasteiger partial charge on any atom is -0.478 e. The summed E-state index contributed by atoms with van der Waals surface area (Å²) in [5.74, 6) is -0.785. The van der Waals surface area contributed by atoms with Crippen LogP contribution in [-0.2, 0) is 16.4 Å². The number of hydrogen-bond acceptors (Lipinski definition) is 6. The molecule has 0 spiro atoms. The van der Waals surface area contributed by atoms with Crippen molar-refractivity contribution in [2.24, 2.45) is 0 Å². The molecule has 20 heavy (non-hydrogen) atoms. The Balaban J connectivity index is 2.00. The highest BCUT2D eigenvalue weighted by molar-refractivity contribution is 7.89. The van der Waals surface area contributed by atoms with E-state index in [0.29, 0.717) is 5.89 Å². The standard InChI is InChI=1S/C11H11N3O5S/c15-11(16)8-1-3-9(4-2-8)20(17,18)14-6-5-10-12-7-13-19-10/h1-4,7,14H,5-6H2,(H,15,16). The van der Waals surface area contributed by atoms with Crippen LogP contribution in [0, 0.1) is 0 Å². The van der Waals surface area contributed by atoms with Crippen molar-refractivity contribution in [3.8, 4) is 0 Å². The summed E-state index contributed by atoms with van der Waals surface area (Å²) in [7, 11) is -3.69. The minimum absolute atomic E-state index is 0.00645. The molecule has 0 fully saturated rings. The summed E-state index contributed by atoms with van der Waals surface area (Å²) in [4.78, 5) is 14.4. The van der Waals surface area contributed by atoms with Gasteiger partial charge in [0.1, 0.15) is 0 Å². The Hall–Kier alpha value is -2.26. The molecule has 1 aromatic carbocycles. The van der Waals surface area contributed by atoms with Gasteiger partial charge < -0.3 is 9.63 Å². The predicted octanol–water partition coefficient (Wildman–Crippen LogP) is 0.289. The van der Waals surface area contributed by atoms with Crippen LogP contribution < -0.4 is 4.72 Å². The van der Waals surface area contributed by atoms with Gasteiger partial charge in [-0.25, -0.2) is 17.9 Å². The molecule has 8 nitrogen and oxygen atoms in total. The van der Waals surface area contributed by atoms with E-state index in [1.165, 1.54) is 30.6 Å². The molecule has 0 saturated heterocycles. The number of aromatic nitrogens is 2. The van der Waals surface area contributed by atoms with Gasteiger partial charge in [-0.1, -0.05) is 5.16 Å². The number of carboxylic acids is 1. The maximum absolute atomic E-state index is 11.9. The highest BCUT2D eigenvalue weighted by Crippen LogP contribution is 2.10. The molecule has 0 aliphatic rings. The fourth-order valence-electron chi connectivity index (χ4n) is 1.46. The van der Waals surface area contributed by atoms with E-state index >= 15 is 0 Å². The summed E-state index contributed by atoms with van der Waals surface area (Å²) in [6, 6.07) is 4.93. The average molecular weight is 297 g/mol. The fraction of sp³-hybridized carbons (Fsp3) is 0.182. The summed E-state index contributed by atoms with van der Waals surface area (Å²) in [6.45, 7) is 0.102. The number of nitrogens with one attached hydrogen (secondary N) is 1. The normalized spacial score (nSPS) is 11.4. The monoisotopic (exact) mass is 297 g/mol. The van der Waals surface area contributed by atoms with E-state index in [-0.39, 0.29) is 23.4 Å². The fourth-order valence-corrected chi connectivity index (χ4v) is 2.49. The third kappa shape index (κ3) is 3.39. The first-order valence-corrected chi connectivity index (χ1v) is 7.06. The van der Waals surface area contributed by atoms with Crippen molar-refractivity contribution in [3.05, 3.63) is 42.0 Å². The number of benzene rings is 1. The number of hydrogen-bond donors (Lipinski definition) is 2. The lowest BCUT2D eigenvalue weighted by molar-refractivity contribution is 0.0696. The Morgan fingerprint density at radius 2 is 2.00 bits per heavy atom. The lowest BCUT2D eigenvalue weighted by Crippen LogP contribution is -2.26. The molecule has 0 radical (unpaired) electrons. The van der Waals surface area contributed by atoms with Crippen LogP contribution in [0.2, 0.25) is 0 Å². The third-order valence-electron chi connectivity index (χ3n) is 2.45. The van der Waals surface area contributed by atoms with E-state index < -0.39 is 16.0 Å². The Labute approximate surface area is 114 Å². The summed E-state index contributed by atoms with van der Waals surface area (Å²) in [5, 5.41) is 12.1. The molecule has 2 rings (SSSR count). The van der Waals surface area contributed by atoms with Crippen LogP contribution >= 0.6 is 0 Å². The van der Waals surface area contributed by atoms with Gasteiger partial charge in [-0.15, -0.1) is 0 Å². The van der Waals surface area contributed by atoms with Crippen LogP contribution in [0.25, 0.3) is 0 Å². The van der Waals surface area contributed by atoms with Gasteiger partial charge in [-0.05, 0) is 24.3 Å². The van der Waals surface area contributed by atoms with Crippen LogP contribution in [0.15, 0.2) is 40.0 Å².